The summed E-state index contributed by atoms with van der Waals surface area (Å²) >= 11 is 3.35. The Balaban J connectivity index is 0.000000128. The molecule has 4 heteroatoms. The summed E-state index contributed by atoms with van der Waals surface area (Å²) in [7, 11) is -1.75. The average molecular weight is 1000 g/mol. The minimum absolute atomic E-state index is 0. The molecular formula is C52H42P2PtSe+. The largest absolute Gasteiger partial charge is 0.102 e. The van der Waals surface area contributed by atoms with Gasteiger partial charge in [-0.05, 0) is 72.8 Å². The fourth-order valence-electron chi connectivity index (χ4n) is 7.65. The van der Waals surface area contributed by atoms with Crippen molar-refractivity contribution in [3.05, 3.63) is 265 Å². The van der Waals surface area contributed by atoms with Crippen LogP contribution in [0.1, 0.15) is 28.2 Å². The molecule has 56 heavy (non-hydrogen) atoms. The van der Waals surface area contributed by atoms with E-state index in [-0.39, 0.29) is 25.4 Å². The molecule has 275 valence electrons. The molecule has 11 rings (SSSR count). The molecule has 0 unspecified atom stereocenters. The molecule has 0 N–H and O–H groups in total. The molecule has 1 radical (unpaired) electrons. The van der Waals surface area contributed by atoms with Crippen LogP contribution >= 0.6 is 15.8 Å². The molecule has 0 atom stereocenters. The van der Waals surface area contributed by atoms with E-state index in [9.17, 15) is 0 Å². The maximum atomic E-state index is 3.53. The van der Waals surface area contributed by atoms with Crippen LogP contribution in [-0.2, 0) is 25.4 Å². The Morgan fingerprint density at radius 2 is 0.571 bits per heavy atom. The van der Waals surface area contributed by atoms with Gasteiger partial charge in [0.05, 0.1) is 15.8 Å². The predicted octanol–water partition coefficient (Wildman–Crippen LogP) is 9.27. The molecule has 3 aliphatic rings. The Labute approximate surface area is 357 Å². The number of benzene rings is 8. The van der Waals surface area contributed by atoms with Crippen molar-refractivity contribution >= 4 is 63.7 Å². The van der Waals surface area contributed by atoms with Gasteiger partial charge in [-0.15, -0.1) is 0 Å². The first kappa shape index (κ1) is 39.8. The molecule has 0 aliphatic heterocycles. The molecular weight excluding hydrogens is 961 g/mol. The summed E-state index contributed by atoms with van der Waals surface area (Å²) < 4.78 is -0.179. The second-order valence-corrected chi connectivity index (χ2v) is 19.8. The Hall–Kier alpha value is -4.43. The van der Waals surface area contributed by atoms with E-state index in [1.165, 1.54) is 54.1 Å². The number of rotatable bonds is 6. The van der Waals surface area contributed by atoms with Crippen molar-refractivity contribution in [3.8, 4) is 0 Å². The average Bonchev–Trinajstić information content (AvgIpc) is 3.27. The molecule has 8 aromatic rings. The molecule has 0 aromatic heterocycles. The fraction of sp³-hybridized carbons (Fsp3) is 0.0385. The van der Waals surface area contributed by atoms with Gasteiger partial charge in [0.15, 0.2) is 0 Å². The first-order chi connectivity index (χ1) is 27.2. The molecule has 3 aliphatic carbocycles. The SMILES string of the molecule is [Pt].[Se]C12[C-]=CC(c3ccccc31)c1ccccc12.c1ccc([PH+](c2ccccc2)c2ccccc2)cc1.c1ccc([PH+](c2ccccc2)c2ccccc2)cc1. The summed E-state index contributed by atoms with van der Waals surface area (Å²) in [5.74, 6) is 0.387. The molecule has 0 saturated carbocycles. The third-order valence-corrected chi connectivity index (χ3v) is 16.8. The van der Waals surface area contributed by atoms with Crippen molar-refractivity contribution in [2.45, 2.75) is 10.2 Å². The molecule has 0 heterocycles. The minimum Gasteiger partial charge on any atom is -0.0620 e. The number of hydrogen-bond acceptors (Lipinski definition) is 0. The van der Waals surface area contributed by atoms with Crippen molar-refractivity contribution in [2.75, 3.05) is 0 Å². The molecule has 0 nitrogen and oxygen atoms in total. The molecule has 0 amide bonds. The van der Waals surface area contributed by atoms with Crippen LogP contribution in [0.4, 0.5) is 0 Å². The van der Waals surface area contributed by atoms with Gasteiger partial charge >= 0.3 is 109 Å². The van der Waals surface area contributed by atoms with Crippen LogP contribution in [0, 0.1) is 6.08 Å². The summed E-state index contributed by atoms with van der Waals surface area (Å²) in [4.78, 5) is 0. The van der Waals surface area contributed by atoms with Crippen molar-refractivity contribution in [3.63, 3.8) is 0 Å². The van der Waals surface area contributed by atoms with Gasteiger partial charge in [-0.3, -0.25) is 0 Å². The van der Waals surface area contributed by atoms with Crippen LogP contribution in [-0.4, -0.2) is 16.0 Å². The van der Waals surface area contributed by atoms with Gasteiger partial charge < -0.3 is 0 Å². The van der Waals surface area contributed by atoms with Gasteiger partial charge in [0.25, 0.3) is 0 Å². The van der Waals surface area contributed by atoms with E-state index in [4.69, 9.17) is 0 Å². The quantitative estimate of drug-likeness (QED) is 0.0887. The van der Waals surface area contributed by atoms with E-state index in [2.05, 4.69) is 259 Å². The van der Waals surface area contributed by atoms with Gasteiger partial charge in [0.2, 0.25) is 0 Å². The van der Waals surface area contributed by atoms with Crippen LogP contribution in [0.25, 0.3) is 0 Å². The second-order valence-electron chi connectivity index (χ2n) is 13.6. The third kappa shape index (κ3) is 8.75. The van der Waals surface area contributed by atoms with Crippen LogP contribution in [0.15, 0.2) is 237 Å². The van der Waals surface area contributed by atoms with Crippen molar-refractivity contribution in [2.24, 2.45) is 0 Å². The Bertz CT molecular complexity index is 2090. The zero-order chi connectivity index (χ0) is 37.3. The van der Waals surface area contributed by atoms with Crippen LogP contribution in [0.5, 0.6) is 0 Å². The minimum atomic E-state index is -0.877. The van der Waals surface area contributed by atoms with Gasteiger partial charge in [-0.2, -0.15) is 0 Å². The zero-order valence-corrected chi connectivity index (χ0v) is 36.8. The summed E-state index contributed by atoms with van der Waals surface area (Å²) in [5, 5.41) is 8.61. The smallest absolute Gasteiger partial charge is 0.0620 e. The van der Waals surface area contributed by atoms with E-state index in [1.54, 1.807) is 0 Å². The van der Waals surface area contributed by atoms with Gasteiger partial charge in [-0.25, -0.2) is 0 Å². The van der Waals surface area contributed by atoms with E-state index < -0.39 is 15.8 Å². The fourth-order valence-corrected chi connectivity index (χ4v) is 13.7. The van der Waals surface area contributed by atoms with Crippen LogP contribution in [0.3, 0.4) is 0 Å². The Morgan fingerprint density at radius 1 is 0.339 bits per heavy atom. The Morgan fingerprint density at radius 3 is 0.839 bits per heavy atom. The summed E-state index contributed by atoms with van der Waals surface area (Å²) in [6.07, 6.45) is 5.74. The van der Waals surface area contributed by atoms with Crippen molar-refractivity contribution < 1.29 is 21.1 Å². The van der Waals surface area contributed by atoms with E-state index in [1.807, 2.05) is 0 Å². The van der Waals surface area contributed by atoms with E-state index in [0.29, 0.717) is 5.92 Å². The molecule has 0 spiro atoms. The standard InChI is InChI=1S/2C18H15P.C16H10Se.Pt/c2*1-4-10-16(11-5-1)19(17-12-6-2-7-13-17)18-14-8-3-9-15-18;17-16-10-9-11(12-5-1-3-7-14(12)16)13-6-2-4-8-15(13)16;/h2*1-15H;1-9,11H;/q;;-1;/p+2. The van der Waals surface area contributed by atoms with Gasteiger partial charge in [0, 0.05) is 21.1 Å². The monoisotopic (exact) mass is 1000 g/mol. The van der Waals surface area contributed by atoms with Crippen LogP contribution < -0.4 is 31.8 Å². The summed E-state index contributed by atoms with van der Waals surface area (Å²) in [6, 6.07) is 82.4. The van der Waals surface area contributed by atoms with Gasteiger partial charge in [-0.1, -0.05) is 109 Å². The number of hydrogen-bond donors (Lipinski definition) is 0. The Kier molecular flexibility index (Phi) is 13.6. The van der Waals surface area contributed by atoms with Crippen molar-refractivity contribution in [1.82, 2.24) is 0 Å². The molecule has 8 aromatic carbocycles. The molecule has 0 fully saturated rings. The van der Waals surface area contributed by atoms with E-state index in [0.717, 1.165) is 0 Å². The zero-order valence-electron chi connectivity index (χ0n) is 30.8. The first-order valence-electron chi connectivity index (χ1n) is 18.8. The number of allylic oxidation sites excluding steroid dienone is 2. The summed E-state index contributed by atoms with van der Waals surface area (Å²) in [6.45, 7) is 0. The van der Waals surface area contributed by atoms with Crippen LogP contribution in [0.2, 0.25) is 0 Å². The van der Waals surface area contributed by atoms with Crippen molar-refractivity contribution in [1.29, 1.82) is 0 Å². The third-order valence-electron chi connectivity index (χ3n) is 10.2. The summed E-state index contributed by atoms with van der Waals surface area (Å²) in [5.41, 5.74) is 5.57. The molecule has 2 bridgehead atoms. The molecule has 0 saturated heterocycles. The normalized spacial score (nSPS) is 15.6. The predicted molar refractivity (Wildman–Crippen MR) is 242 cm³/mol. The second kappa shape index (κ2) is 19.1. The maximum Gasteiger partial charge on any atom is 0.102 e. The first-order valence-corrected chi connectivity index (χ1v) is 22.6. The topological polar surface area (TPSA) is 0 Å². The maximum absolute atomic E-state index is 3.53. The van der Waals surface area contributed by atoms with Gasteiger partial charge in [0.1, 0.15) is 31.8 Å². The van der Waals surface area contributed by atoms with E-state index >= 15 is 0 Å².